The molecule has 2 unspecified atom stereocenters. The molecule has 0 aromatic heterocycles. The number of carbonyl (C=O) groups is 1. The number of hydrazine groups is 1. The van der Waals surface area contributed by atoms with Crippen LogP contribution in [0.2, 0.25) is 0 Å². The monoisotopic (exact) mass is 241 g/mol. The molecule has 0 spiro atoms. The van der Waals surface area contributed by atoms with Crippen LogP contribution in [0.1, 0.15) is 13.8 Å². The maximum absolute atomic E-state index is 11.4. The van der Waals surface area contributed by atoms with Crippen LogP contribution in [0.15, 0.2) is 17.0 Å². The highest BCUT2D eigenvalue weighted by atomic mass is 16.7. The van der Waals surface area contributed by atoms with E-state index >= 15 is 0 Å². The van der Waals surface area contributed by atoms with Gasteiger partial charge in [0.25, 0.3) is 0 Å². The molecule has 0 aromatic carbocycles. The van der Waals surface area contributed by atoms with Crippen molar-refractivity contribution in [1.29, 1.82) is 0 Å². The molecule has 2 rings (SSSR count). The molecule has 1 fully saturated rings. The van der Waals surface area contributed by atoms with Gasteiger partial charge in [-0.25, -0.2) is 4.79 Å². The van der Waals surface area contributed by atoms with Crippen LogP contribution in [-0.2, 0) is 9.47 Å². The van der Waals surface area contributed by atoms with E-state index in [9.17, 15) is 4.79 Å². The fourth-order valence-corrected chi connectivity index (χ4v) is 2.03. The normalized spacial score (nSPS) is 31.4. The van der Waals surface area contributed by atoms with Crippen LogP contribution in [0.3, 0.4) is 0 Å². The predicted molar refractivity (Wildman–Crippen MR) is 60.2 cm³/mol. The zero-order valence-electron chi connectivity index (χ0n) is 10.4. The Morgan fingerprint density at radius 1 is 1.71 bits per heavy atom. The Bertz CT molecular complexity index is 406. The zero-order chi connectivity index (χ0) is 12.6. The first-order valence-electron chi connectivity index (χ1n) is 5.45. The molecule has 0 aromatic rings. The van der Waals surface area contributed by atoms with E-state index in [-0.39, 0.29) is 11.2 Å². The average Bonchev–Trinajstić information content (AvgIpc) is 2.61. The van der Waals surface area contributed by atoms with Gasteiger partial charge in [0.2, 0.25) is 5.82 Å². The summed E-state index contributed by atoms with van der Waals surface area (Å²) in [6, 6.07) is 0. The Morgan fingerprint density at radius 3 is 3.06 bits per heavy atom. The van der Waals surface area contributed by atoms with Crippen LogP contribution in [0.25, 0.3) is 0 Å². The Balaban J connectivity index is 2.17. The van der Waals surface area contributed by atoms with Crippen molar-refractivity contribution < 1.29 is 18.9 Å². The molecule has 0 aliphatic carbocycles. The van der Waals surface area contributed by atoms with E-state index in [0.29, 0.717) is 0 Å². The van der Waals surface area contributed by atoms with Gasteiger partial charge in [0.15, 0.2) is 0 Å². The minimum Gasteiger partial charge on any atom is -0.434 e. The number of nitrogens with zero attached hydrogens (tertiary/aromatic N) is 3. The van der Waals surface area contributed by atoms with Crippen LogP contribution in [0, 0.1) is 0 Å². The summed E-state index contributed by atoms with van der Waals surface area (Å²) in [6.45, 7) is 3.92. The largest absolute Gasteiger partial charge is 0.514 e. The van der Waals surface area contributed by atoms with E-state index < -0.39 is 12.5 Å². The van der Waals surface area contributed by atoms with Gasteiger partial charge in [0, 0.05) is 13.1 Å². The van der Waals surface area contributed by atoms with E-state index in [1.807, 2.05) is 20.0 Å². The lowest BCUT2D eigenvalue weighted by molar-refractivity contribution is -0.920. The second kappa shape index (κ2) is 4.01. The van der Waals surface area contributed by atoms with Crippen molar-refractivity contribution >= 4 is 11.9 Å². The van der Waals surface area contributed by atoms with Gasteiger partial charge in [-0.15, -0.1) is 9.60 Å². The molecule has 1 N–H and O–H groups in total. The predicted octanol–water partition coefficient (Wildman–Crippen LogP) is 0.571. The maximum atomic E-state index is 11.4. The summed E-state index contributed by atoms with van der Waals surface area (Å²) in [5.41, 5.74) is 3.99. The molecule has 0 radical (unpaired) electrons. The lowest BCUT2D eigenvalue weighted by Gasteiger charge is -2.25. The van der Waals surface area contributed by atoms with Crippen LogP contribution in [0.4, 0.5) is 4.79 Å². The minimum absolute atomic E-state index is 0.154. The summed E-state index contributed by atoms with van der Waals surface area (Å²) in [5, 5.41) is 6.15. The van der Waals surface area contributed by atoms with Crippen molar-refractivity contribution in [2.45, 2.75) is 20.2 Å². The van der Waals surface area contributed by atoms with E-state index in [1.54, 1.807) is 19.0 Å². The highest BCUT2D eigenvalue weighted by Crippen LogP contribution is 2.32. The van der Waals surface area contributed by atoms with E-state index in [2.05, 4.69) is 10.5 Å². The fourth-order valence-electron chi connectivity index (χ4n) is 2.03. The lowest BCUT2D eigenvalue weighted by atomic mass is 10.4. The molecular formula is C10H17N4O3+. The summed E-state index contributed by atoms with van der Waals surface area (Å²) >= 11 is 0. The standard InChI is InChI=1S/C10H17N4O3/c1-5-16-10(15)17-9-13(3)11-8-6-7(2)12-14(8,9)4/h6,9,11H,5H2,1-4H3/q+1. The van der Waals surface area contributed by atoms with Crippen molar-refractivity contribution in [3.63, 3.8) is 0 Å². The SMILES string of the molecule is CCOC(=O)OC1N(C)NC2=CC(C)=N[N+]21C. The van der Waals surface area contributed by atoms with Gasteiger partial charge in [-0.3, -0.25) is 5.43 Å². The molecule has 2 aliphatic heterocycles. The Kier molecular flexibility index (Phi) is 2.80. The van der Waals surface area contributed by atoms with Gasteiger partial charge in [-0.05, 0) is 13.8 Å². The van der Waals surface area contributed by atoms with Crippen molar-refractivity contribution in [3.8, 4) is 0 Å². The first-order valence-corrected chi connectivity index (χ1v) is 5.45. The Hall–Kier alpha value is -1.60. The number of ether oxygens (including phenoxy) is 2. The second-order valence-electron chi connectivity index (χ2n) is 4.15. The first-order chi connectivity index (χ1) is 7.97. The summed E-state index contributed by atoms with van der Waals surface area (Å²) in [7, 11) is 3.65. The lowest BCUT2D eigenvalue weighted by Crippen LogP contribution is -2.49. The Labute approximate surface area is 99.8 Å². The molecular weight excluding hydrogens is 224 g/mol. The number of rotatable bonds is 2. The molecule has 2 aliphatic rings. The molecule has 17 heavy (non-hydrogen) atoms. The summed E-state index contributed by atoms with van der Waals surface area (Å²) in [6.07, 6.45) is 0.676. The van der Waals surface area contributed by atoms with Crippen molar-refractivity contribution in [2.24, 2.45) is 5.10 Å². The zero-order valence-corrected chi connectivity index (χ0v) is 10.4. The quantitative estimate of drug-likeness (QED) is 0.565. The highest BCUT2D eigenvalue weighted by Gasteiger charge is 2.53. The smallest absolute Gasteiger partial charge is 0.434 e. The number of fused-ring (bicyclic) bond motifs is 1. The number of hydrogen-bond acceptors (Lipinski definition) is 6. The third kappa shape index (κ3) is 1.87. The molecule has 2 heterocycles. The van der Waals surface area contributed by atoms with Crippen LogP contribution in [-0.4, -0.2) is 48.5 Å². The summed E-state index contributed by atoms with van der Waals surface area (Å²) < 4.78 is 10.2. The van der Waals surface area contributed by atoms with Crippen molar-refractivity contribution in [2.75, 3.05) is 20.7 Å². The van der Waals surface area contributed by atoms with Crippen molar-refractivity contribution in [3.05, 3.63) is 11.9 Å². The molecule has 7 heteroatoms. The third-order valence-corrected chi connectivity index (χ3v) is 2.71. The van der Waals surface area contributed by atoms with Gasteiger partial charge >= 0.3 is 12.5 Å². The topological polar surface area (TPSA) is 63.2 Å². The minimum atomic E-state index is -0.688. The molecule has 0 bridgehead atoms. The number of quaternary nitrogens is 1. The Morgan fingerprint density at radius 2 is 2.41 bits per heavy atom. The second-order valence-corrected chi connectivity index (χ2v) is 4.15. The van der Waals surface area contributed by atoms with Crippen LogP contribution in [0.5, 0.6) is 0 Å². The van der Waals surface area contributed by atoms with E-state index in [4.69, 9.17) is 9.47 Å². The summed E-state index contributed by atoms with van der Waals surface area (Å²) in [4.78, 5) is 11.4. The summed E-state index contributed by atoms with van der Waals surface area (Å²) in [5.74, 6) is 0.874. The van der Waals surface area contributed by atoms with Crippen LogP contribution >= 0.6 is 0 Å². The molecule has 94 valence electrons. The van der Waals surface area contributed by atoms with Gasteiger partial charge in [-0.1, -0.05) is 5.10 Å². The number of allylic oxidation sites excluding steroid dienone is 1. The van der Waals surface area contributed by atoms with Crippen LogP contribution < -0.4 is 5.43 Å². The van der Waals surface area contributed by atoms with Gasteiger partial charge in [-0.2, -0.15) is 0 Å². The number of hydrogen-bond donors (Lipinski definition) is 1. The van der Waals surface area contributed by atoms with Gasteiger partial charge < -0.3 is 9.47 Å². The third-order valence-electron chi connectivity index (χ3n) is 2.71. The number of nitrogens with one attached hydrogen (secondary N) is 1. The van der Waals surface area contributed by atoms with E-state index in [0.717, 1.165) is 11.5 Å². The average molecular weight is 241 g/mol. The molecule has 0 amide bonds. The van der Waals surface area contributed by atoms with E-state index in [1.165, 1.54) is 0 Å². The molecule has 1 saturated heterocycles. The molecule has 0 saturated carbocycles. The molecule has 7 nitrogen and oxygen atoms in total. The number of carbonyl (C=O) groups excluding carboxylic acids is 1. The fraction of sp³-hybridized carbons (Fsp3) is 0.600. The van der Waals surface area contributed by atoms with Gasteiger partial charge in [0.1, 0.15) is 12.8 Å². The van der Waals surface area contributed by atoms with Crippen molar-refractivity contribution in [1.82, 2.24) is 10.4 Å². The first kappa shape index (κ1) is 11.9. The maximum Gasteiger partial charge on any atom is 0.514 e. The highest BCUT2D eigenvalue weighted by molar-refractivity contribution is 5.93. The van der Waals surface area contributed by atoms with Gasteiger partial charge in [0.05, 0.1) is 6.61 Å². The molecule has 2 atom stereocenters.